The summed E-state index contributed by atoms with van der Waals surface area (Å²) in [4.78, 5) is 28.9. The number of ether oxygens (including phenoxy) is 3. The van der Waals surface area contributed by atoms with E-state index in [2.05, 4.69) is 17.0 Å². The van der Waals surface area contributed by atoms with Gasteiger partial charge in [0.1, 0.15) is 23.7 Å². The van der Waals surface area contributed by atoms with E-state index in [0.29, 0.717) is 5.75 Å². The second-order valence-corrected chi connectivity index (χ2v) is 7.45. The van der Waals surface area contributed by atoms with E-state index in [9.17, 15) is 19.1 Å². The maximum Gasteiger partial charge on any atom is 0.328 e. The van der Waals surface area contributed by atoms with Crippen molar-refractivity contribution in [1.29, 1.82) is 0 Å². The van der Waals surface area contributed by atoms with Crippen molar-refractivity contribution < 1.29 is 33.3 Å². The molecule has 0 aliphatic rings. The summed E-state index contributed by atoms with van der Waals surface area (Å²) in [7, 11) is 1.32. The number of rotatable bonds is 11. The SMILES string of the molecule is C=N/C(C(=O)N[C@@H](C)C(=O)O[C@@H](C)[C@H](Oc1ccc(F)cc1)c1ccccc1)=C(O)\C(=C/C)OC. The molecular formula is C26H29FN2O6. The number of nitrogens with zero attached hydrogens (tertiary/aromatic N) is 1. The van der Waals surface area contributed by atoms with E-state index in [1.165, 1.54) is 44.4 Å². The van der Waals surface area contributed by atoms with E-state index in [4.69, 9.17) is 14.2 Å². The van der Waals surface area contributed by atoms with Gasteiger partial charge in [-0.1, -0.05) is 30.3 Å². The quantitative estimate of drug-likeness (QED) is 0.161. The van der Waals surface area contributed by atoms with Crippen LogP contribution in [0.25, 0.3) is 0 Å². The number of esters is 1. The molecule has 0 aliphatic carbocycles. The van der Waals surface area contributed by atoms with Crippen LogP contribution in [0.1, 0.15) is 32.4 Å². The monoisotopic (exact) mass is 484 g/mol. The van der Waals surface area contributed by atoms with Crippen molar-refractivity contribution in [2.75, 3.05) is 7.11 Å². The van der Waals surface area contributed by atoms with Gasteiger partial charge in [-0.05, 0) is 63.4 Å². The zero-order chi connectivity index (χ0) is 26.0. The number of hydrogen-bond donors (Lipinski definition) is 2. The smallest absolute Gasteiger partial charge is 0.328 e. The van der Waals surface area contributed by atoms with Gasteiger partial charge in [0.15, 0.2) is 23.3 Å². The molecule has 0 bridgehead atoms. The lowest BCUT2D eigenvalue weighted by molar-refractivity contribution is -0.156. The van der Waals surface area contributed by atoms with Gasteiger partial charge in [0.05, 0.1) is 7.11 Å². The Bertz CT molecular complexity index is 1080. The van der Waals surface area contributed by atoms with Gasteiger partial charge in [-0.3, -0.25) is 9.79 Å². The molecule has 0 saturated heterocycles. The molecule has 0 aromatic heterocycles. The van der Waals surface area contributed by atoms with Crippen LogP contribution >= 0.6 is 0 Å². The number of halogens is 1. The molecule has 1 amide bonds. The molecule has 2 rings (SSSR count). The Kier molecular flexibility index (Phi) is 10.0. The fourth-order valence-corrected chi connectivity index (χ4v) is 3.13. The van der Waals surface area contributed by atoms with E-state index in [0.717, 1.165) is 5.56 Å². The van der Waals surface area contributed by atoms with Gasteiger partial charge in [0.25, 0.3) is 5.91 Å². The zero-order valence-corrected chi connectivity index (χ0v) is 20.0. The molecule has 8 nitrogen and oxygen atoms in total. The summed E-state index contributed by atoms with van der Waals surface area (Å²) >= 11 is 0. The van der Waals surface area contributed by atoms with Crippen molar-refractivity contribution in [3.63, 3.8) is 0 Å². The summed E-state index contributed by atoms with van der Waals surface area (Å²) < 4.78 is 29.8. The lowest BCUT2D eigenvalue weighted by Crippen LogP contribution is -2.42. The number of carbonyl (C=O) groups is 2. The molecule has 0 heterocycles. The van der Waals surface area contributed by atoms with Gasteiger partial charge in [-0.2, -0.15) is 0 Å². The van der Waals surface area contributed by atoms with Gasteiger partial charge >= 0.3 is 5.97 Å². The highest BCUT2D eigenvalue weighted by atomic mass is 19.1. The van der Waals surface area contributed by atoms with Crippen LogP contribution in [0.5, 0.6) is 5.75 Å². The van der Waals surface area contributed by atoms with E-state index >= 15 is 0 Å². The van der Waals surface area contributed by atoms with Crippen molar-refractivity contribution >= 4 is 18.6 Å². The topological polar surface area (TPSA) is 106 Å². The molecule has 9 heteroatoms. The highest BCUT2D eigenvalue weighted by molar-refractivity contribution is 5.97. The predicted octanol–water partition coefficient (Wildman–Crippen LogP) is 4.40. The molecule has 2 aromatic rings. The largest absolute Gasteiger partial charge is 0.503 e. The number of amides is 1. The summed E-state index contributed by atoms with van der Waals surface area (Å²) in [5, 5.41) is 12.7. The van der Waals surface area contributed by atoms with E-state index in [1.54, 1.807) is 13.8 Å². The van der Waals surface area contributed by atoms with Crippen LogP contribution in [-0.4, -0.2) is 43.0 Å². The molecular weight excluding hydrogens is 455 g/mol. The minimum atomic E-state index is -1.09. The number of aliphatic imine (C=N–C) groups is 1. The first-order valence-corrected chi connectivity index (χ1v) is 10.8. The lowest BCUT2D eigenvalue weighted by atomic mass is 10.0. The molecule has 0 fully saturated rings. The van der Waals surface area contributed by atoms with Gasteiger partial charge in [-0.15, -0.1) is 0 Å². The van der Waals surface area contributed by atoms with Crippen molar-refractivity contribution in [2.45, 2.75) is 39.0 Å². The lowest BCUT2D eigenvalue weighted by Gasteiger charge is -2.27. The highest BCUT2D eigenvalue weighted by Gasteiger charge is 2.29. The normalized spacial score (nSPS) is 14.6. The summed E-state index contributed by atoms with van der Waals surface area (Å²) in [6, 6.07) is 13.5. The first-order chi connectivity index (χ1) is 16.7. The summed E-state index contributed by atoms with van der Waals surface area (Å²) in [6.07, 6.45) is -0.0435. The average molecular weight is 485 g/mol. The Balaban J connectivity index is 2.15. The Morgan fingerprint density at radius 2 is 1.74 bits per heavy atom. The van der Waals surface area contributed by atoms with Crippen molar-refractivity contribution in [2.24, 2.45) is 4.99 Å². The maximum atomic E-state index is 13.3. The van der Waals surface area contributed by atoms with Crippen LogP contribution in [0.15, 0.2) is 82.9 Å². The summed E-state index contributed by atoms with van der Waals surface area (Å²) in [5.74, 6) is -2.09. The second kappa shape index (κ2) is 12.9. The number of hydrogen-bond acceptors (Lipinski definition) is 7. The number of methoxy groups -OCH3 is 1. The summed E-state index contributed by atoms with van der Waals surface area (Å²) in [6.45, 7) is 7.96. The molecule has 0 unspecified atom stereocenters. The third kappa shape index (κ3) is 7.43. The first kappa shape index (κ1) is 27.1. The molecule has 2 aromatic carbocycles. The molecule has 0 spiro atoms. The van der Waals surface area contributed by atoms with Crippen molar-refractivity contribution in [3.05, 3.63) is 89.3 Å². The van der Waals surface area contributed by atoms with Crippen LogP contribution in [-0.2, 0) is 19.1 Å². The number of aliphatic hydroxyl groups excluding tert-OH is 1. The molecule has 3 atom stereocenters. The van der Waals surface area contributed by atoms with Crippen molar-refractivity contribution in [3.8, 4) is 5.75 Å². The zero-order valence-electron chi connectivity index (χ0n) is 20.0. The average Bonchev–Trinajstić information content (AvgIpc) is 2.85. The highest BCUT2D eigenvalue weighted by Crippen LogP contribution is 2.27. The fourth-order valence-electron chi connectivity index (χ4n) is 3.13. The molecule has 0 radical (unpaired) electrons. The second-order valence-electron chi connectivity index (χ2n) is 7.45. The fraction of sp³-hybridized carbons (Fsp3) is 0.269. The molecule has 186 valence electrons. The Hall–Kier alpha value is -4.14. The third-order valence-electron chi connectivity index (χ3n) is 4.95. The van der Waals surface area contributed by atoms with E-state index < -0.39 is 47.4 Å². The summed E-state index contributed by atoms with van der Waals surface area (Å²) in [5.41, 5.74) is 0.327. The van der Waals surface area contributed by atoms with E-state index in [-0.39, 0.29) is 5.76 Å². The Labute approximate surface area is 203 Å². The van der Waals surface area contributed by atoms with Crippen LogP contribution < -0.4 is 10.1 Å². The minimum absolute atomic E-state index is 0.0232. The molecule has 35 heavy (non-hydrogen) atoms. The number of nitrogens with one attached hydrogen (secondary N) is 1. The van der Waals surface area contributed by atoms with Crippen LogP contribution in [0.3, 0.4) is 0 Å². The van der Waals surface area contributed by atoms with Crippen LogP contribution in [0, 0.1) is 5.82 Å². The number of benzene rings is 2. The standard InChI is InChI=1S/C26H29FN2O6/c1-6-21(33-5)23(30)22(28-4)25(31)29-16(2)26(32)34-17(3)24(18-10-8-7-9-11-18)35-20-14-12-19(27)13-15-20/h6-17,24,30H,4H2,1-3,5H3,(H,29,31)/b21-6+,23-22+/t16-,17-,24-/m0/s1. The van der Waals surface area contributed by atoms with Gasteiger partial charge in [0.2, 0.25) is 0 Å². The van der Waals surface area contributed by atoms with E-state index in [1.807, 2.05) is 30.3 Å². The number of aliphatic hydroxyl groups is 1. The molecule has 0 aliphatic heterocycles. The van der Waals surface area contributed by atoms with Crippen LogP contribution in [0.4, 0.5) is 4.39 Å². The number of carbonyl (C=O) groups excluding carboxylic acids is 2. The first-order valence-electron chi connectivity index (χ1n) is 10.8. The number of allylic oxidation sites excluding steroid dienone is 1. The van der Waals surface area contributed by atoms with Crippen LogP contribution in [0.2, 0.25) is 0 Å². The van der Waals surface area contributed by atoms with Crippen molar-refractivity contribution in [1.82, 2.24) is 5.32 Å². The van der Waals surface area contributed by atoms with Gasteiger partial charge in [-0.25, -0.2) is 9.18 Å². The molecule has 0 saturated carbocycles. The maximum absolute atomic E-state index is 13.3. The van der Waals surface area contributed by atoms with Gasteiger partial charge in [0, 0.05) is 0 Å². The van der Waals surface area contributed by atoms with Gasteiger partial charge < -0.3 is 24.6 Å². The molecule has 2 N–H and O–H groups in total. The Morgan fingerprint density at radius 3 is 2.29 bits per heavy atom. The minimum Gasteiger partial charge on any atom is -0.503 e. The predicted molar refractivity (Wildman–Crippen MR) is 129 cm³/mol. The Morgan fingerprint density at radius 1 is 1.11 bits per heavy atom. The third-order valence-corrected chi connectivity index (χ3v) is 4.95.